The van der Waals surface area contributed by atoms with Gasteiger partial charge in [0.25, 0.3) is 0 Å². The van der Waals surface area contributed by atoms with Crippen molar-refractivity contribution in [2.45, 2.75) is 26.3 Å². The number of aryl methyl sites for hydroxylation is 1. The number of nitrogens with one attached hydrogen (secondary N) is 1. The Morgan fingerprint density at radius 3 is 2.88 bits per heavy atom. The Morgan fingerprint density at radius 2 is 2.24 bits per heavy atom. The van der Waals surface area contributed by atoms with E-state index in [2.05, 4.69) is 27.2 Å². The van der Waals surface area contributed by atoms with Crippen molar-refractivity contribution in [3.05, 3.63) is 28.5 Å². The zero-order valence-corrected chi connectivity index (χ0v) is 10.7. The molecule has 0 amide bonds. The molecule has 3 N–H and O–H groups in total. The molecule has 0 saturated heterocycles. The van der Waals surface area contributed by atoms with Gasteiger partial charge in [0, 0.05) is 11.1 Å². The summed E-state index contributed by atoms with van der Waals surface area (Å²) in [6.07, 6.45) is 6.11. The van der Waals surface area contributed by atoms with Crippen LogP contribution in [0.1, 0.15) is 29.8 Å². The zero-order valence-electron chi connectivity index (χ0n) is 9.84. The quantitative estimate of drug-likeness (QED) is 0.869. The summed E-state index contributed by atoms with van der Waals surface area (Å²) in [7, 11) is 0. The highest BCUT2D eigenvalue weighted by Crippen LogP contribution is 2.23. The van der Waals surface area contributed by atoms with Crippen LogP contribution in [0.2, 0.25) is 0 Å². The monoisotopic (exact) mass is 249 g/mol. The second-order valence-electron chi connectivity index (χ2n) is 3.71. The average molecular weight is 249 g/mol. The average Bonchev–Trinajstić information content (AvgIpc) is 2.77. The van der Waals surface area contributed by atoms with Crippen LogP contribution in [0.15, 0.2) is 18.6 Å². The van der Waals surface area contributed by atoms with E-state index < -0.39 is 0 Å². The lowest BCUT2D eigenvalue weighted by Gasteiger charge is -2.11. The van der Waals surface area contributed by atoms with Crippen LogP contribution in [0.4, 0.5) is 11.6 Å². The third-order valence-electron chi connectivity index (χ3n) is 2.31. The maximum atomic E-state index is 5.57. The molecule has 0 fully saturated rings. The van der Waals surface area contributed by atoms with Gasteiger partial charge in [-0.15, -0.1) is 11.3 Å². The summed E-state index contributed by atoms with van der Waals surface area (Å²) < 4.78 is 0. The van der Waals surface area contributed by atoms with E-state index in [-0.39, 0.29) is 6.04 Å². The largest absolute Gasteiger partial charge is 0.382 e. The van der Waals surface area contributed by atoms with Crippen LogP contribution in [0.3, 0.4) is 0 Å². The van der Waals surface area contributed by atoms with Gasteiger partial charge in [-0.25, -0.2) is 9.97 Å². The van der Waals surface area contributed by atoms with E-state index in [0.717, 1.165) is 11.4 Å². The summed E-state index contributed by atoms with van der Waals surface area (Å²) in [6, 6.07) is 0.108. The zero-order chi connectivity index (χ0) is 12.3. The number of nitrogens with zero attached hydrogens (tertiary/aromatic N) is 3. The Hall–Kier alpha value is -1.69. The minimum absolute atomic E-state index is 0.108. The van der Waals surface area contributed by atoms with Gasteiger partial charge in [0.2, 0.25) is 0 Å². The number of nitrogen functional groups attached to an aromatic ring is 1. The molecule has 2 aromatic rings. The number of anilines is 2. The summed E-state index contributed by atoms with van der Waals surface area (Å²) in [5.41, 5.74) is 5.57. The van der Waals surface area contributed by atoms with Crippen molar-refractivity contribution in [3.63, 3.8) is 0 Å². The van der Waals surface area contributed by atoms with Gasteiger partial charge in [-0.3, -0.25) is 4.98 Å². The van der Waals surface area contributed by atoms with Crippen molar-refractivity contribution in [3.8, 4) is 0 Å². The topological polar surface area (TPSA) is 76.7 Å². The Bertz CT molecular complexity index is 496. The number of aromatic nitrogens is 3. The maximum Gasteiger partial charge on any atom is 0.147 e. The van der Waals surface area contributed by atoms with Gasteiger partial charge in [-0.1, -0.05) is 6.92 Å². The number of thiazole rings is 1. The Labute approximate surface area is 104 Å². The van der Waals surface area contributed by atoms with Crippen molar-refractivity contribution in [2.24, 2.45) is 0 Å². The molecule has 5 nitrogen and oxygen atoms in total. The molecule has 6 heteroatoms. The van der Waals surface area contributed by atoms with Gasteiger partial charge in [0.15, 0.2) is 0 Å². The van der Waals surface area contributed by atoms with Crippen LogP contribution in [0.25, 0.3) is 0 Å². The van der Waals surface area contributed by atoms with E-state index in [9.17, 15) is 0 Å². The normalized spacial score (nSPS) is 12.4. The van der Waals surface area contributed by atoms with Crippen LogP contribution < -0.4 is 11.1 Å². The predicted molar refractivity (Wildman–Crippen MR) is 70.0 cm³/mol. The molecule has 2 rings (SSSR count). The molecular formula is C11H15N5S. The van der Waals surface area contributed by atoms with Crippen molar-refractivity contribution in [2.75, 3.05) is 11.1 Å². The van der Waals surface area contributed by atoms with Crippen molar-refractivity contribution >= 4 is 23.0 Å². The Balaban J connectivity index is 2.08. The van der Waals surface area contributed by atoms with Gasteiger partial charge in [0.05, 0.1) is 18.4 Å². The lowest BCUT2D eigenvalue weighted by molar-refractivity contribution is 0.858. The molecule has 1 unspecified atom stereocenters. The summed E-state index contributed by atoms with van der Waals surface area (Å²) >= 11 is 1.71. The summed E-state index contributed by atoms with van der Waals surface area (Å²) in [5, 5.41) is 4.28. The first-order valence-electron chi connectivity index (χ1n) is 5.47. The van der Waals surface area contributed by atoms with Gasteiger partial charge in [-0.2, -0.15) is 0 Å². The summed E-state index contributed by atoms with van der Waals surface area (Å²) in [6.45, 7) is 4.17. The highest BCUT2D eigenvalue weighted by Gasteiger charge is 2.10. The molecule has 2 aromatic heterocycles. The van der Waals surface area contributed by atoms with Gasteiger partial charge >= 0.3 is 0 Å². The Kier molecular flexibility index (Phi) is 3.53. The number of rotatable bonds is 4. The van der Waals surface area contributed by atoms with E-state index in [1.54, 1.807) is 17.5 Å². The van der Waals surface area contributed by atoms with Gasteiger partial charge in [-0.05, 0) is 13.3 Å². The first-order valence-corrected chi connectivity index (χ1v) is 6.29. The Morgan fingerprint density at radius 1 is 1.41 bits per heavy atom. The fraction of sp³-hybridized carbons (Fsp3) is 0.364. The van der Waals surface area contributed by atoms with Crippen LogP contribution in [0.5, 0.6) is 0 Å². The molecule has 17 heavy (non-hydrogen) atoms. The number of hydrogen-bond donors (Lipinski definition) is 2. The van der Waals surface area contributed by atoms with Crippen LogP contribution in [0, 0.1) is 0 Å². The predicted octanol–water partition coefficient (Wildman–Crippen LogP) is 2.25. The first kappa shape index (κ1) is 11.8. The minimum Gasteiger partial charge on any atom is -0.382 e. The van der Waals surface area contributed by atoms with Gasteiger partial charge in [0.1, 0.15) is 16.6 Å². The summed E-state index contributed by atoms with van der Waals surface area (Å²) in [4.78, 5) is 13.8. The third-order valence-corrected chi connectivity index (χ3v) is 3.63. The van der Waals surface area contributed by atoms with Crippen molar-refractivity contribution in [1.82, 2.24) is 15.0 Å². The molecule has 0 spiro atoms. The second kappa shape index (κ2) is 5.09. The van der Waals surface area contributed by atoms with Crippen molar-refractivity contribution in [1.29, 1.82) is 0 Å². The smallest absolute Gasteiger partial charge is 0.147 e. The highest BCUT2D eigenvalue weighted by atomic mass is 32.1. The lowest BCUT2D eigenvalue weighted by Crippen LogP contribution is -2.08. The second-order valence-corrected chi connectivity index (χ2v) is 4.86. The van der Waals surface area contributed by atoms with E-state index in [1.165, 1.54) is 11.1 Å². The first-order chi connectivity index (χ1) is 8.19. The summed E-state index contributed by atoms with van der Waals surface area (Å²) in [5.74, 6) is 1.08. The lowest BCUT2D eigenvalue weighted by atomic mass is 10.3. The number of hydrogen-bond acceptors (Lipinski definition) is 6. The molecule has 0 saturated carbocycles. The SMILES string of the molecule is CCc1cnc(C(C)Nc2cncc(N)n2)s1. The van der Waals surface area contributed by atoms with Crippen molar-refractivity contribution < 1.29 is 0 Å². The van der Waals surface area contributed by atoms with Crippen LogP contribution >= 0.6 is 11.3 Å². The fourth-order valence-electron chi connectivity index (χ4n) is 1.42. The standard InChI is InChI=1S/C11H15N5S/c1-3-8-4-14-11(17-8)7(2)15-10-6-13-5-9(12)16-10/h4-7H,3H2,1-2H3,(H3,12,15,16). The maximum absolute atomic E-state index is 5.57. The molecule has 2 heterocycles. The molecule has 0 aliphatic carbocycles. The van der Waals surface area contributed by atoms with E-state index in [4.69, 9.17) is 5.73 Å². The van der Waals surface area contributed by atoms with E-state index in [1.807, 2.05) is 13.1 Å². The van der Waals surface area contributed by atoms with Gasteiger partial charge < -0.3 is 11.1 Å². The highest BCUT2D eigenvalue weighted by molar-refractivity contribution is 7.11. The molecule has 0 aliphatic rings. The fourth-order valence-corrected chi connectivity index (χ4v) is 2.28. The van der Waals surface area contributed by atoms with Crippen LogP contribution in [-0.2, 0) is 6.42 Å². The van der Waals surface area contributed by atoms with Crippen LogP contribution in [-0.4, -0.2) is 15.0 Å². The molecular weight excluding hydrogens is 234 g/mol. The molecule has 90 valence electrons. The van der Waals surface area contributed by atoms with E-state index >= 15 is 0 Å². The molecule has 0 aliphatic heterocycles. The molecule has 0 bridgehead atoms. The number of nitrogens with two attached hydrogens (primary N) is 1. The van der Waals surface area contributed by atoms with E-state index in [0.29, 0.717) is 11.6 Å². The molecule has 1 atom stereocenters. The molecule has 0 radical (unpaired) electrons. The molecule has 0 aromatic carbocycles. The third kappa shape index (κ3) is 2.91. The minimum atomic E-state index is 0.108.